The van der Waals surface area contributed by atoms with Crippen LogP contribution < -0.4 is 0 Å². The highest BCUT2D eigenvalue weighted by atomic mass is 35.5. The van der Waals surface area contributed by atoms with Crippen molar-refractivity contribution in [2.24, 2.45) is 5.92 Å². The summed E-state index contributed by atoms with van der Waals surface area (Å²) in [5.74, 6) is 0.740. The summed E-state index contributed by atoms with van der Waals surface area (Å²) in [6, 6.07) is 5.65. The van der Waals surface area contributed by atoms with Crippen molar-refractivity contribution < 1.29 is 10.3 Å². The molecular weight excluding hydrogens is 331 g/mol. The van der Waals surface area contributed by atoms with E-state index in [2.05, 4.69) is 23.9 Å². The van der Waals surface area contributed by atoms with Crippen LogP contribution in [-0.2, 0) is 6.54 Å². The highest BCUT2D eigenvalue weighted by molar-refractivity contribution is 6.35. The van der Waals surface area contributed by atoms with Gasteiger partial charge in [0, 0.05) is 22.5 Å². The fourth-order valence-electron chi connectivity index (χ4n) is 2.00. The fourth-order valence-corrected chi connectivity index (χ4v) is 2.55. The normalized spacial score (nSPS) is 11.7. The molecule has 0 aliphatic heterocycles. The van der Waals surface area contributed by atoms with E-state index in [1.165, 1.54) is 0 Å². The van der Waals surface area contributed by atoms with Crippen molar-refractivity contribution >= 4 is 23.2 Å². The predicted octanol–water partition coefficient (Wildman–Crippen LogP) is 3.68. The molecule has 1 atom stereocenters. The van der Waals surface area contributed by atoms with Crippen LogP contribution in [0, 0.1) is 16.0 Å². The quantitative estimate of drug-likeness (QED) is 0.673. The average Bonchev–Trinajstić information content (AvgIpc) is 2.88. The second-order valence-corrected chi connectivity index (χ2v) is 5.72. The number of nitrogens with zero attached hydrogens (tertiary/aromatic N) is 4. The van der Waals surface area contributed by atoms with Crippen LogP contribution in [0.2, 0.25) is 10.0 Å². The summed E-state index contributed by atoms with van der Waals surface area (Å²) < 4.78 is 1.83. The first-order chi connectivity index (χ1) is 10.3. The Kier molecular flexibility index (Phi) is 7.07. The van der Waals surface area contributed by atoms with Gasteiger partial charge in [-0.15, -0.1) is 10.1 Å². The van der Waals surface area contributed by atoms with Crippen LogP contribution >= 0.6 is 23.2 Å². The Balaban J connectivity index is 0.000000541. The molecule has 2 aromatic rings. The summed E-state index contributed by atoms with van der Waals surface area (Å²) in [5.41, 5.74) is 1.10. The van der Waals surface area contributed by atoms with Crippen LogP contribution in [0.1, 0.15) is 25.3 Å². The number of hydrogen-bond acceptors (Lipinski definition) is 4. The van der Waals surface area contributed by atoms with E-state index in [1.54, 1.807) is 18.7 Å². The molecule has 0 aliphatic carbocycles. The number of rotatable bonds is 4. The molecule has 0 spiro atoms. The smallest absolute Gasteiger partial charge is 0.291 e. The molecule has 1 heterocycles. The van der Waals surface area contributed by atoms with Gasteiger partial charge < -0.3 is 5.21 Å². The maximum atomic E-state index is 8.36. The topological polar surface area (TPSA) is 94.1 Å². The fraction of sp³-hybridized carbons (Fsp3) is 0.385. The van der Waals surface area contributed by atoms with E-state index >= 15 is 0 Å². The zero-order chi connectivity index (χ0) is 16.7. The minimum Gasteiger partial charge on any atom is -0.328 e. The van der Waals surface area contributed by atoms with Crippen LogP contribution in [0.3, 0.4) is 0 Å². The lowest BCUT2D eigenvalue weighted by Gasteiger charge is -2.22. The summed E-state index contributed by atoms with van der Waals surface area (Å²) in [6.07, 6.45) is 3.26. The van der Waals surface area contributed by atoms with E-state index in [0.29, 0.717) is 16.0 Å². The third kappa shape index (κ3) is 5.87. The van der Waals surface area contributed by atoms with Crippen LogP contribution in [0.4, 0.5) is 0 Å². The summed E-state index contributed by atoms with van der Waals surface area (Å²) in [7, 11) is 0. The molecule has 1 N–H and O–H groups in total. The highest BCUT2D eigenvalue weighted by Crippen LogP contribution is 2.33. The largest absolute Gasteiger partial charge is 0.328 e. The molecular formula is C13H16Cl2N4O3. The second-order valence-electron chi connectivity index (χ2n) is 4.87. The van der Waals surface area contributed by atoms with Crippen molar-refractivity contribution in [3.63, 3.8) is 0 Å². The van der Waals surface area contributed by atoms with Crippen molar-refractivity contribution in [2.45, 2.75) is 26.3 Å². The minimum atomic E-state index is -1.50. The average molecular weight is 347 g/mol. The van der Waals surface area contributed by atoms with E-state index in [9.17, 15) is 0 Å². The SMILES string of the molecule is CC(C)C(Cn1cncn1)c1ccc(Cl)cc1Cl.O=[N+]([O-])O. The zero-order valence-electron chi connectivity index (χ0n) is 12.1. The second kappa shape index (κ2) is 8.55. The Labute approximate surface area is 137 Å². The third-order valence-electron chi connectivity index (χ3n) is 3.02. The molecule has 1 unspecified atom stereocenters. The van der Waals surface area contributed by atoms with E-state index in [4.69, 9.17) is 38.5 Å². The van der Waals surface area contributed by atoms with Gasteiger partial charge in [0.15, 0.2) is 0 Å². The van der Waals surface area contributed by atoms with Crippen LogP contribution in [0.5, 0.6) is 0 Å². The lowest BCUT2D eigenvalue weighted by molar-refractivity contribution is -0.742. The van der Waals surface area contributed by atoms with Crippen LogP contribution in [0.25, 0.3) is 0 Å². The monoisotopic (exact) mass is 346 g/mol. The number of halogens is 2. The molecule has 22 heavy (non-hydrogen) atoms. The Morgan fingerprint density at radius 3 is 2.50 bits per heavy atom. The summed E-state index contributed by atoms with van der Waals surface area (Å²) in [4.78, 5) is 12.3. The Hall–Kier alpha value is -1.86. The van der Waals surface area contributed by atoms with Crippen LogP contribution in [-0.4, -0.2) is 25.1 Å². The maximum Gasteiger partial charge on any atom is 0.291 e. The molecule has 9 heteroatoms. The minimum absolute atomic E-state index is 0.288. The van der Waals surface area contributed by atoms with Gasteiger partial charge in [-0.1, -0.05) is 43.1 Å². The van der Waals surface area contributed by atoms with Gasteiger partial charge in [-0.05, 0) is 23.6 Å². The molecule has 0 aliphatic rings. The maximum absolute atomic E-state index is 8.36. The Morgan fingerprint density at radius 1 is 1.41 bits per heavy atom. The van der Waals surface area contributed by atoms with Crippen molar-refractivity contribution in [3.8, 4) is 0 Å². The molecule has 0 fully saturated rings. The molecule has 0 bridgehead atoms. The molecule has 2 rings (SSSR count). The van der Waals surface area contributed by atoms with Gasteiger partial charge >= 0.3 is 0 Å². The first-order valence-corrected chi connectivity index (χ1v) is 7.17. The van der Waals surface area contributed by atoms with Crippen molar-refractivity contribution in [1.29, 1.82) is 0 Å². The van der Waals surface area contributed by atoms with Gasteiger partial charge in [0.25, 0.3) is 5.09 Å². The van der Waals surface area contributed by atoms with Crippen molar-refractivity contribution in [1.82, 2.24) is 14.8 Å². The molecule has 1 aromatic heterocycles. The molecule has 0 radical (unpaired) electrons. The Morgan fingerprint density at radius 2 is 2.05 bits per heavy atom. The Bertz CT molecular complexity index is 601. The predicted molar refractivity (Wildman–Crippen MR) is 82.8 cm³/mol. The van der Waals surface area contributed by atoms with E-state index in [1.807, 2.05) is 16.8 Å². The molecule has 0 saturated heterocycles. The molecule has 0 amide bonds. The molecule has 7 nitrogen and oxygen atoms in total. The lowest BCUT2D eigenvalue weighted by atomic mass is 9.88. The van der Waals surface area contributed by atoms with Gasteiger partial charge in [-0.3, -0.25) is 4.68 Å². The highest BCUT2D eigenvalue weighted by Gasteiger charge is 2.19. The summed E-state index contributed by atoms with van der Waals surface area (Å²) in [6.45, 7) is 5.11. The third-order valence-corrected chi connectivity index (χ3v) is 3.58. The van der Waals surface area contributed by atoms with E-state index in [-0.39, 0.29) is 5.92 Å². The zero-order valence-corrected chi connectivity index (χ0v) is 13.6. The summed E-state index contributed by atoms with van der Waals surface area (Å²) >= 11 is 12.2. The first-order valence-electron chi connectivity index (χ1n) is 6.42. The van der Waals surface area contributed by atoms with Gasteiger partial charge in [0.2, 0.25) is 0 Å². The van der Waals surface area contributed by atoms with Gasteiger partial charge in [-0.2, -0.15) is 5.10 Å². The van der Waals surface area contributed by atoms with Crippen molar-refractivity contribution in [3.05, 3.63) is 56.6 Å². The number of benzene rings is 1. The molecule has 120 valence electrons. The molecule has 1 aromatic carbocycles. The number of aromatic nitrogens is 3. The van der Waals surface area contributed by atoms with Crippen LogP contribution in [0.15, 0.2) is 30.9 Å². The van der Waals surface area contributed by atoms with Crippen molar-refractivity contribution in [2.75, 3.05) is 0 Å². The van der Waals surface area contributed by atoms with Gasteiger partial charge in [0.1, 0.15) is 12.7 Å². The first kappa shape index (κ1) is 18.2. The van der Waals surface area contributed by atoms with Gasteiger partial charge in [-0.25, -0.2) is 4.98 Å². The standard InChI is InChI=1S/C13H15Cl2N3.HNO3/c1-9(2)12(6-18-8-16-7-17-18)11-4-3-10(14)5-13(11)15;2-1(3)4/h3-5,7-9,12H,6H2,1-2H3;(H,2,3,4). The van der Waals surface area contributed by atoms with Gasteiger partial charge in [0.05, 0.1) is 0 Å². The summed E-state index contributed by atoms with van der Waals surface area (Å²) in [5, 5.41) is 19.2. The lowest BCUT2D eigenvalue weighted by Crippen LogP contribution is -2.15. The molecule has 0 saturated carbocycles. The number of hydrogen-bond donors (Lipinski definition) is 1. The van der Waals surface area contributed by atoms with E-state index < -0.39 is 5.09 Å². The van der Waals surface area contributed by atoms with E-state index in [0.717, 1.165) is 12.1 Å².